The van der Waals surface area contributed by atoms with E-state index in [1.165, 1.54) is 80.0 Å². The molecule has 0 fully saturated rings. The minimum Gasteiger partial charge on any atom is -0.493 e. The largest absolute Gasteiger partial charge is 0.493 e. The zero-order valence-electron chi connectivity index (χ0n) is 32.0. The van der Waals surface area contributed by atoms with Crippen LogP contribution < -0.4 is 14.1 Å². The zero-order valence-corrected chi connectivity index (χ0v) is 36.2. The molecule has 0 saturated carbocycles. The van der Waals surface area contributed by atoms with Gasteiger partial charge in [0.2, 0.25) is 0 Å². The highest BCUT2D eigenvalue weighted by atomic mass is 32.1. The number of rotatable bonds is 23. The van der Waals surface area contributed by atoms with E-state index in [-0.39, 0.29) is 4.62 Å². The number of hydrogen-bond donors (Lipinski definition) is 2. The van der Waals surface area contributed by atoms with Crippen molar-refractivity contribution >= 4 is 57.6 Å². The van der Waals surface area contributed by atoms with Crippen molar-refractivity contribution in [2.75, 3.05) is 13.2 Å². The van der Waals surface area contributed by atoms with Crippen molar-refractivity contribution in [3.8, 4) is 63.7 Å². The second kappa shape index (κ2) is 22.2. The Balaban J connectivity index is 1.43. The molecule has 0 bridgehead atoms. The Morgan fingerprint density at radius 1 is 0.537 bits per heavy atom. The summed E-state index contributed by atoms with van der Waals surface area (Å²) in [6.07, 6.45) is 17.6. The molecule has 5 nitrogen and oxygen atoms in total. The summed E-state index contributed by atoms with van der Waals surface area (Å²) in [5, 5.41) is 0. The molecule has 2 N–H and O–H groups in total. The first kappa shape index (κ1) is 42.5. The quantitative estimate of drug-likeness (QED) is 0.0390. The molecule has 0 atom stereocenters. The van der Waals surface area contributed by atoms with Crippen LogP contribution in [0.5, 0.6) is 11.5 Å². The van der Waals surface area contributed by atoms with E-state index in [2.05, 4.69) is 75.1 Å². The number of ether oxygens (including phenoxy) is 2. The van der Waals surface area contributed by atoms with Gasteiger partial charge in [0.15, 0.2) is 0 Å². The van der Waals surface area contributed by atoms with Crippen molar-refractivity contribution < 1.29 is 23.8 Å². The maximum absolute atomic E-state index is 11.9. The normalized spacial score (nSPS) is 11.5. The van der Waals surface area contributed by atoms with E-state index in [4.69, 9.17) is 9.47 Å². The molecule has 4 heterocycles. The van der Waals surface area contributed by atoms with Gasteiger partial charge in [0.1, 0.15) is 16.1 Å². The third kappa shape index (κ3) is 12.7. The molecule has 0 saturated heterocycles. The van der Waals surface area contributed by atoms with Crippen molar-refractivity contribution in [3.05, 3.63) is 65.5 Å². The van der Waals surface area contributed by atoms with Crippen LogP contribution in [-0.4, -0.2) is 23.0 Å². The van der Waals surface area contributed by atoms with Gasteiger partial charge in [0, 0.05) is 46.8 Å². The summed E-state index contributed by atoms with van der Waals surface area (Å²) in [6, 6.07) is 20.5. The molecular formula is C44H55O5PS4. The molecular weight excluding hydrogens is 768 g/mol. The predicted molar refractivity (Wildman–Crippen MR) is 236 cm³/mol. The standard InChI is InChI=1S/C44H55O5PS4/c1-4-7-10-13-14-15-16-17-20-33-21-22-40(51-33)41-25-23-38(52-41)34-31-37(49-30-19-12-9-6-3)35(32-36(34)48-29-18-11-8-5-2)39-24-26-42(53-39)43-27-28-44(54-43)50(45,46)47/h21-28,31-32H,4-16,18-19,29-30H2,1-3H3,(H2,45,46,47). The minimum absolute atomic E-state index is 0.0807. The van der Waals surface area contributed by atoms with E-state index in [1.54, 1.807) is 40.1 Å². The fraction of sp³-hybridized carbons (Fsp3) is 0.455. The smallest absolute Gasteiger partial charge is 0.366 e. The van der Waals surface area contributed by atoms with Crippen LogP contribution in [0.2, 0.25) is 0 Å². The lowest BCUT2D eigenvalue weighted by Gasteiger charge is -2.17. The van der Waals surface area contributed by atoms with Gasteiger partial charge in [-0.15, -0.1) is 45.3 Å². The van der Waals surface area contributed by atoms with Gasteiger partial charge in [0.25, 0.3) is 0 Å². The molecule has 0 spiro atoms. The molecule has 290 valence electrons. The fourth-order valence-corrected chi connectivity index (χ4v) is 11.0. The number of unbranched alkanes of at least 4 members (excludes halogenated alkanes) is 12. The molecule has 54 heavy (non-hydrogen) atoms. The van der Waals surface area contributed by atoms with Crippen LogP contribution in [0.25, 0.3) is 40.4 Å². The predicted octanol–water partition coefficient (Wildman–Crippen LogP) is 14.4. The average molecular weight is 823 g/mol. The van der Waals surface area contributed by atoms with Crippen LogP contribution in [0.15, 0.2) is 60.7 Å². The molecule has 0 aliphatic rings. The lowest BCUT2D eigenvalue weighted by Crippen LogP contribution is -2.02. The maximum Gasteiger partial charge on any atom is 0.366 e. The zero-order chi connectivity index (χ0) is 38.2. The van der Waals surface area contributed by atoms with E-state index >= 15 is 0 Å². The first-order chi connectivity index (χ1) is 26.3. The van der Waals surface area contributed by atoms with Gasteiger partial charge in [-0.25, -0.2) is 0 Å². The molecule has 0 unspecified atom stereocenters. The van der Waals surface area contributed by atoms with Crippen molar-refractivity contribution in [3.63, 3.8) is 0 Å². The summed E-state index contributed by atoms with van der Waals surface area (Å²) >= 11 is 6.28. The minimum atomic E-state index is -4.30. The average Bonchev–Trinajstić information content (AvgIpc) is 3.99. The molecule has 0 aliphatic heterocycles. The van der Waals surface area contributed by atoms with E-state index in [0.29, 0.717) is 13.2 Å². The number of thiophene rings is 4. The van der Waals surface area contributed by atoms with Gasteiger partial charge in [-0.1, -0.05) is 103 Å². The van der Waals surface area contributed by atoms with Gasteiger partial charge in [0.05, 0.1) is 18.1 Å². The summed E-state index contributed by atoms with van der Waals surface area (Å²) in [7, 11) is -4.30. The first-order valence-electron chi connectivity index (χ1n) is 19.7. The van der Waals surface area contributed by atoms with Crippen LogP contribution in [0, 0.1) is 11.8 Å². The number of benzene rings is 1. The molecule has 0 amide bonds. The Kier molecular flexibility index (Phi) is 17.4. The Morgan fingerprint density at radius 3 is 1.52 bits per heavy atom. The van der Waals surface area contributed by atoms with Gasteiger partial charge in [-0.05, 0) is 79.9 Å². The lowest BCUT2D eigenvalue weighted by atomic mass is 10.1. The maximum atomic E-state index is 11.9. The third-order valence-corrected chi connectivity index (χ3v) is 15.4. The second-order valence-corrected chi connectivity index (χ2v) is 19.9. The van der Waals surface area contributed by atoms with E-state index in [1.807, 2.05) is 6.07 Å². The first-order valence-corrected chi connectivity index (χ1v) is 24.6. The topological polar surface area (TPSA) is 76.0 Å². The highest BCUT2D eigenvalue weighted by Crippen LogP contribution is 2.48. The van der Waals surface area contributed by atoms with Gasteiger partial charge in [-0.3, -0.25) is 4.57 Å². The van der Waals surface area contributed by atoms with Crippen LogP contribution in [0.3, 0.4) is 0 Å². The Hall–Kier alpha value is -2.67. The van der Waals surface area contributed by atoms with Crippen LogP contribution in [0.4, 0.5) is 0 Å². The summed E-state index contributed by atoms with van der Waals surface area (Å²) in [5.74, 6) is 8.48. The monoisotopic (exact) mass is 822 g/mol. The van der Waals surface area contributed by atoms with Crippen LogP contribution in [-0.2, 0) is 4.57 Å². The Bertz CT molecular complexity index is 1980. The van der Waals surface area contributed by atoms with E-state index < -0.39 is 7.60 Å². The van der Waals surface area contributed by atoms with E-state index in [9.17, 15) is 14.4 Å². The lowest BCUT2D eigenvalue weighted by molar-refractivity contribution is 0.299. The molecule has 5 rings (SSSR count). The van der Waals surface area contributed by atoms with Gasteiger partial charge in [-0.2, -0.15) is 0 Å². The fourth-order valence-electron chi connectivity index (χ4n) is 6.13. The summed E-state index contributed by atoms with van der Waals surface area (Å²) < 4.78 is 25.2. The second-order valence-electron chi connectivity index (χ2n) is 13.7. The molecule has 1 aromatic carbocycles. The van der Waals surface area contributed by atoms with Crippen molar-refractivity contribution in [2.24, 2.45) is 0 Å². The van der Waals surface area contributed by atoms with Crippen molar-refractivity contribution in [2.45, 2.75) is 117 Å². The summed E-state index contributed by atoms with van der Waals surface area (Å²) in [6.45, 7) is 7.97. The molecule has 4 aromatic heterocycles. The highest BCUT2D eigenvalue weighted by molar-refractivity contribution is 7.67. The molecule has 10 heteroatoms. The highest BCUT2D eigenvalue weighted by Gasteiger charge is 2.22. The van der Waals surface area contributed by atoms with Gasteiger partial charge >= 0.3 is 7.60 Å². The summed E-state index contributed by atoms with van der Waals surface area (Å²) in [5.41, 5.74) is 2.01. The molecule has 0 aliphatic carbocycles. The van der Waals surface area contributed by atoms with Crippen LogP contribution >= 0.6 is 52.9 Å². The summed E-state index contributed by atoms with van der Waals surface area (Å²) in [4.78, 5) is 26.9. The van der Waals surface area contributed by atoms with Gasteiger partial charge < -0.3 is 19.3 Å². The SMILES string of the molecule is CCCCCCCCC#Cc1ccc(-c2ccc(-c3cc(OCCCCCC)c(-c4ccc(-c5ccc(P(=O)(O)O)s5)s4)cc3OCCCCCC)s2)s1. The van der Waals surface area contributed by atoms with E-state index in [0.717, 1.165) is 90.5 Å². The Labute approximate surface area is 339 Å². The van der Waals surface area contributed by atoms with Crippen molar-refractivity contribution in [1.82, 2.24) is 0 Å². The van der Waals surface area contributed by atoms with Crippen LogP contribution in [0.1, 0.15) is 122 Å². The Morgan fingerprint density at radius 2 is 0.981 bits per heavy atom. The van der Waals surface area contributed by atoms with Crippen molar-refractivity contribution in [1.29, 1.82) is 0 Å². The number of hydrogen-bond acceptors (Lipinski definition) is 7. The molecule has 5 aromatic rings. The third-order valence-electron chi connectivity index (χ3n) is 9.17. The molecule has 0 radical (unpaired) electrons.